The molecule has 1 atom stereocenters. The van der Waals surface area contributed by atoms with E-state index in [1.807, 2.05) is 36.4 Å². The maximum Gasteiger partial charge on any atom is 0.230 e. The molecule has 0 saturated carbocycles. The van der Waals surface area contributed by atoms with Crippen LogP contribution in [0.5, 0.6) is 5.75 Å². The minimum atomic E-state index is -0.0846. The third kappa shape index (κ3) is 5.85. The van der Waals surface area contributed by atoms with Crippen LogP contribution in [0.15, 0.2) is 53.7 Å². The lowest BCUT2D eigenvalue weighted by Crippen LogP contribution is -2.33. The molecule has 0 fully saturated rings. The van der Waals surface area contributed by atoms with E-state index < -0.39 is 0 Å². The molecule has 7 nitrogen and oxygen atoms in total. The maximum absolute atomic E-state index is 12.7. The summed E-state index contributed by atoms with van der Waals surface area (Å²) in [6, 6.07) is 15.8. The molecular formula is C23H29N5O2S. The second-order valence-electron chi connectivity index (χ2n) is 7.97. The van der Waals surface area contributed by atoms with Crippen LogP contribution in [-0.2, 0) is 4.79 Å². The molecule has 8 heteroatoms. The summed E-state index contributed by atoms with van der Waals surface area (Å²) in [5.74, 6) is 1.65. The Hall–Kier alpha value is -2.87. The molecule has 3 rings (SSSR count). The van der Waals surface area contributed by atoms with Gasteiger partial charge in [-0.3, -0.25) is 4.79 Å². The third-order valence-electron chi connectivity index (χ3n) is 5.04. The summed E-state index contributed by atoms with van der Waals surface area (Å²) in [6.45, 7) is 8.48. The van der Waals surface area contributed by atoms with Gasteiger partial charge >= 0.3 is 0 Å². The number of benzene rings is 2. The molecule has 1 N–H and O–H groups in total. The standard InChI is InChI=1S/C23H29N5O2S/c1-15(2)17-6-10-19(11-7-17)28-23(25-26-27-28)31-14-21(29)24-22(16(3)4)18-8-12-20(30-5)13-9-18/h6-13,15-16,22H,14H2,1-5H3,(H,24,29). The lowest BCUT2D eigenvalue weighted by molar-refractivity contribution is -0.119. The van der Waals surface area contributed by atoms with Gasteiger partial charge in [0.25, 0.3) is 0 Å². The highest BCUT2D eigenvalue weighted by Crippen LogP contribution is 2.25. The average Bonchev–Trinajstić information content (AvgIpc) is 3.24. The van der Waals surface area contributed by atoms with E-state index in [1.165, 1.54) is 17.3 Å². The summed E-state index contributed by atoms with van der Waals surface area (Å²) in [6.07, 6.45) is 0. The first-order chi connectivity index (χ1) is 14.9. The number of ether oxygens (including phenoxy) is 1. The van der Waals surface area contributed by atoms with Crippen molar-refractivity contribution >= 4 is 17.7 Å². The first-order valence-corrected chi connectivity index (χ1v) is 11.3. The fourth-order valence-corrected chi connectivity index (χ4v) is 3.92. The molecule has 31 heavy (non-hydrogen) atoms. The van der Waals surface area contributed by atoms with Crippen LogP contribution in [0.2, 0.25) is 0 Å². The Morgan fingerprint density at radius 3 is 2.26 bits per heavy atom. The fraction of sp³-hybridized carbons (Fsp3) is 0.391. The molecule has 0 aliphatic rings. The molecule has 0 radical (unpaired) electrons. The molecule has 1 heterocycles. The summed E-state index contributed by atoms with van der Waals surface area (Å²) in [4.78, 5) is 12.7. The molecule has 3 aromatic rings. The van der Waals surface area contributed by atoms with E-state index in [0.29, 0.717) is 11.1 Å². The van der Waals surface area contributed by atoms with Crippen molar-refractivity contribution in [3.05, 3.63) is 59.7 Å². The minimum absolute atomic E-state index is 0.0655. The van der Waals surface area contributed by atoms with Crippen LogP contribution in [0.1, 0.15) is 50.8 Å². The van der Waals surface area contributed by atoms with Crippen LogP contribution in [0, 0.1) is 5.92 Å². The number of nitrogens with zero attached hydrogens (tertiary/aromatic N) is 4. The van der Waals surface area contributed by atoms with Crippen LogP contribution in [0.4, 0.5) is 0 Å². The quantitative estimate of drug-likeness (QED) is 0.498. The van der Waals surface area contributed by atoms with E-state index in [9.17, 15) is 4.79 Å². The summed E-state index contributed by atoms with van der Waals surface area (Å²) in [7, 11) is 1.64. The number of aromatic nitrogens is 4. The highest BCUT2D eigenvalue weighted by Gasteiger charge is 2.19. The number of methoxy groups -OCH3 is 1. The highest BCUT2D eigenvalue weighted by atomic mass is 32.2. The van der Waals surface area contributed by atoms with E-state index in [-0.39, 0.29) is 23.6 Å². The number of hydrogen-bond donors (Lipinski definition) is 1. The zero-order valence-electron chi connectivity index (χ0n) is 18.6. The zero-order valence-corrected chi connectivity index (χ0v) is 19.4. The van der Waals surface area contributed by atoms with Gasteiger partial charge in [0.1, 0.15) is 5.75 Å². The molecule has 0 saturated heterocycles. The number of hydrogen-bond acceptors (Lipinski definition) is 6. The number of nitrogens with one attached hydrogen (secondary N) is 1. The molecule has 1 aromatic heterocycles. The molecule has 0 aliphatic carbocycles. The van der Waals surface area contributed by atoms with Crippen molar-refractivity contribution < 1.29 is 9.53 Å². The third-order valence-corrected chi connectivity index (χ3v) is 5.95. The predicted molar refractivity (Wildman–Crippen MR) is 123 cm³/mol. The van der Waals surface area contributed by atoms with Crippen molar-refractivity contribution in [2.45, 2.75) is 44.8 Å². The van der Waals surface area contributed by atoms with Crippen LogP contribution >= 0.6 is 11.8 Å². The van der Waals surface area contributed by atoms with E-state index in [0.717, 1.165) is 17.0 Å². The van der Waals surface area contributed by atoms with Crippen molar-refractivity contribution in [3.63, 3.8) is 0 Å². The van der Waals surface area contributed by atoms with Crippen molar-refractivity contribution in [2.75, 3.05) is 12.9 Å². The first-order valence-electron chi connectivity index (χ1n) is 10.3. The van der Waals surface area contributed by atoms with Crippen molar-refractivity contribution in [1.82, 2.24) is 25.5 Å². The number of tetrazole rings is 1. The van der Waals surface area contributed by atoms with Crippen LogP contribution < -0.4 is 10.1 Å². The smallest absolute Gasteiger partial charge is 0.230 e. The minimum Gasteiger partial charge on any atom is -0.497 e. The molecule has 0 aliphatic heterocycles. The Morgan fingerprint density at radius 1 is 1.03 bits per heavy atom. The highest BCUT2D eigenvalue weighted by molar-refractivity contribution is 7.99. The molecule has 2 aromatic carbocycles. The van der Waals surface area contributed by atoms with Gasteiger partial charge in [-0.2, -0.15) is 4.68 Å². The van der Waals surface area contributed by atoms with E-state index in [1.54, 1.807) is 11.8 Å². The van der Waals surface area contributed by atoms with Gasteiger partial charge in [0.15, 0.2) is 0 Å². The largest absolute Gasteiger partial charge is 0.497 e. The Balaban J connectivity index is 1.64. The first kappa shape index (κ1) is 22.8. The van der Waals surface area contributed by atoms with Gasteiger partial charge in [0.05, 0.1) is 24.6 Å². The van der Waals surface area contributed by atoms with Crippen molar-refractivity contribution in [1.29, 1.82) is 0 Å². The van der Waals surface area contributed by atoms with E-state index in [4.69, 9.17) is 4.74 Å². The van der Waals surface area contributed by atoms with E-state index >= 15 is 0 Å². The monoisotopic (exact) mass is 439 g/mol. The Kier molecular flexibility index (Phi) is 7.68. The normalized spacial score (nSPS) is 12.2. The molecule has 0 bridgehead atoms. The average molecular weight is 440 g/mol. The van der Waals surface area contributed by atoms with Gasteiger partial charge in [-0.1, -0.05) is 63.7 Å². The maximum atomic E-state index is 12.7. The summed E-state index contributed by atoms with van der Waals surface area (Å²) < 4.78 is 6.88. The number of rotatable bonds is 9. The lowest BCUT2D eigenvalue weighted by atomic mass is 9.96. The fourth-order valence-electron chi connectivity index (χ4n) is 3.22. The van der Waals surface area contributed by atoms with Gasteiger partial charge in [0.2, 0.25) is 11.1 Å². The Labute approximate surface area is 187 Å². The molecular weight excluding hydrogens is 410 g/mol. The van der Waals surface area contributed by atoms with E-state index in [2.05, 4.69) is 60.7 Å². The van der Waals surface area contributed by atoms with Crippen molar-refractivity contribution in [2.24, 2.45) is 5.92 Å². The van der Waals surface area contributed by atoms with Gasteiger partial charge < -0.3 is 10.1 Å². The second-order valence-corrected chi connectivity index (χ2v) is 8.91. The van der Waals surface area contributed by atoms with Crippen LogP contribution in [0.25, 0.3) is 5.69 Å². The van der Waals surface area contributed by atoms with Gasteiger partial charge in [0, 0.05) is 0 Å². The van der Waals surface area contributed by atoms with Gasteiger partial charge in [-0.15, -0.1) is 5.10 Å². The number of carbonyl (C=O) groups excluding carboxylic acids is 1. The number of thioether (sulfide) groups is 1. The number of carbonyl (C=O) groups is 1. The summed E-state index contributed by atoms with van der Waals surface area (Å²) in [5.41, 5.74) is 3.17. The topological polar surface area (TPSA) is 81.9 Å². The SMILES string of the molecule is COc1ccc(C(NC(=O)CSc2nnnn2-c2ccc(C(C)C)cc2)C(C)C)cc1. The molecule has 1 unspecified atom stereocenters. The predicted octanol–water partition coefficient (Wildman–Crippen LogP) is 4.40. The second kappa shape index (κ2) is 10.4. The van der Waals surface area contributed by atoms with Gasteiger partial charge in [-0.25, -0.2) is 0 Å². The Bertz CT molecular complexity index is 984. The lowest BCUT2D eigenvalue weighted by Gasteiger charge is -2.23. The van der Waals surface area contributed by atoms with Gasteiger partial charge in [-0.05, 0) is 57.7 Å². The summed E-state index contributed by atoms with van der Waals surface area (Å²) >= 11 is 1.32. The van der Waals surface area contributed by atoms with Crippen molar-refractivity contribution in [3.8, 4) is 11.4 Å². The number of amides is 1. The zero-order chi connectivity index (χ0) is 22.4. The Morgan fingerprint density at radius 2 is 1.68 bits per heavy atom. The molecule has 0 spiro atoms. The van der Waals surface area contributed by atoms with Crippen LogP contribution in [0.3, 0.4) is 0 Å². The summed E-state index contributed by atoms with van der Waals surface area (Å²) in [5, 5.41) is 15.7. The molecule has 1 amide bonds. The van der Waals surface area contributed by atoms with Crippen LogP contribution in [-0.4, -0.2) is 39.0 Å². The molecule has 164 valence electrons.